The summed E-state index contributed by atoms with van der Waals surface area (Å²) in [7, 11) is 1.64. The number of nitrogens with zero attached hydrogens (tertiary/aromatic N) is 1. The lowest BCUT2D eigenvalue weighted by molar-refractivity contribution is -0.136. The molecule has 0 unspecified atom stereocenters. The maximum atomic E-state index is 10.6. The van der Waals surface area contributed by atoms with Crippen LogP contribution in [0.15, 0.2) is 0 Å². The molecule has 0 saturated carbocycles. The van der Waals surface area contributed by atoms with Gasteiger partial charge in [0.2, 0.25) is 0 Å². The maximum Gasteiger partial charge on any atom is 0.303 e. The molecule has 0 atom stereocenters. The number of hydrogen-bond donors (Lipinski definition) is 1. The molecule has 0 aliphatic rings. The molecule has 18 heavy (non-hydrogen) atoms. The summed E-state index contributed by atoms with van der Waals surface area (Å²) in [6, 6.07) is 0. The van der Waals surface area contributed by atoms with Gasteiger partial charge in [0.25, 0.3) is 0 Å². The average Bonchev–Trinajstić information content (AvgIpc) is 2.72. The van der Waals surface area contributed by atoms with Crippen LogP contribution in [0.4, 0.5) is 0 Å². The number of aliphatic carboxylic acids is 1. The van der Waals surface area contributed by atoms with Crippen LogP contribution in [0.25, 0.3) is 0 Å². The van der Waals surface area contributed by atoms with Crippen molar-refractivity contribution in [2.75, 3.05) is 7.11 Å². The summed E-state index contributed by atoms with van der Waals surface area (Å²) in [4.78, 5) is 16.3. The highest BCUT2D eigenvalue weighted by atomic mass is 32.1. The van der Waals surface area contributed by atoms with Crippen LogP contribution in [0.5, 0.6) is 0 Å². The van der Waals surface area contributed by atoms with Crippen LogP contribution in [0.1, 0.15) is 54.6 Å². The van der Waals surface area contributed by atoms with Gasteiger partial charge < -0.3 is 9.84 Å². The quantitative estimate of drug-likeness (QED) is 0.788. The Balaban J connectivity index is 2.88. The van der Waals surface area contributed by atoms with Crippen LogP contribution < -0.4 is 0 Å². The molecule has 1 aromatic heterocycles. The van der Waals surface area contributed by atoms with E-state index in [4.69, 9.17) is 9.84 Å². The van der Waals surface area contributed by atoms with Crippen molar-refractivity contribution in [1.82, 2.24) is 4.98 Å². The Morgan fingerprint density at radius 2 is 2.11 bits per heavy atom. The summed E-state index contributed by atoms with van der Waals surface area (Å²) in [5.41, 5.74) is 0.908. The Bertz CT molecular complexity index is 386. The fourth-order valence-electron chi connectivity index (χ4n) is 1.88. The number of carboxylic acid groups (broad SMARTS) is 1. The van der Waals surface area contributed by atoms with Crippen LogP contribution in [0.3, 0.4) is 0 Å². The van der Waals surface area contributed by atoms with E-state index < -0.39 is 5.97 Å². The van der Waals surface area contributed by atoms with Crippen molar-refractivity contribution in [2.45, 2.75) is 52.1 Å². The Kier molecular flexibility index (Phi) is 6.29. The van der Waals surface area contributed by atoms with Gasteiger partial charge in [-0.3, -0.25) is 4.79 Å². The normalized spacial score (nSPS) is 11.1. The molecule has 0 radical (unpaired) electrons. The summed E-state index contributed by atoms with van der Waals surface area (Å²) in [5.74, 6) is -0.292. The van der Waals surface area contributed by atoms with Crippen molar-refractivity contribution in [3.63, 3.8) is 0 Å². The summed E-state index contributed by atoms with van der Waals surface area (Å²) < 4.78 is 5.13. The molecule has 0 aliphatic heterocycles. The predicted octanol–water partition coefficient (Wildman–Crippen LogP) is 3.21. The van der Waals surface area contributed by atoms with Crippen LogP contribution >= 0.6 is 11.3 Å². The number of ether oxygens (including phenoxy) is 1. The van der Waals surface area contributed by atoms with Crippen molar-refractivity contribution < 1.29 is 14.6 Å². The number of carboxylic acids is 1. The lowest BCUT2D eigenvalue weighted by Gasteiger charge is -2.06. The van der Waals surface area contributed by atoms with Gasteiger partial charge in [-0.1, -0.05) is 13.8 Å². The minimum Gasteiger partial charge on any atom is -0.481 e. The number of hydrogen-bond acceptors (Lipinski definition) is 4. The predicted molar refractivity (Wildman–Crippen MR) is 72.1 cm³/mol. The van der Waals surface area contributed by atoms with Gasteiger partial charge in [-0.05, 0) is 19.3 Å². The lowest BCUT2D eigenvalue weighted by Crippen LogP contribution is -1.99. The fraction of sp³-hybridized carbons (Fsp3) is 0.692. The number of methoxy groups -OCH3 is 1. The molecule has 0 fully saturated rings. The van der Waals surface area contributed by atoms with Crippen molar-refractivity contribution in [3.05, 3.63) is 15.6 Å². The van der Waals surface area contributed by atoms with Crippen LogP contribution in [0.2, 0.25) is 0 Å². The second kappa shape index (κ2) is 7.48. The summed E-state index contributed by atoms with van der Waals surface area (Å²) >= 11 is 1.64. The van der Waals surface area contributed by atoms with Gasteiger partial charge in [0.15, 0.2) is 0 Å². The molecule has 5 heteroatoms. The number of carbonyl (C=O) groups is 1. The lowest BCUT2D eigenvalue weighted by atomic mass is 10.1. The SMILES string of the molecule is CCC(CC)c1nc(COC)c(CCC(=O)O)s1. The molecule has 0 aromatic carbocycles. The smallest absolute Gasteiger partial charge is 0.303 e. The van der Waals surface area contributed by atoms with Crippen molar-refractivity contribution in [1.29, 1.82) is 0 Å². The third-order valence-electron chi connectivity index (χ3n) is 2.98. The standard InChI is InChI=1S/C13H21NO3S/c1-4-9(5-2)13-14-10(8-17-3)11(18-13)6-7-12(15)16/h9H,4-8H2,1-3H3,(H,15,16). The number of rotatable bonds is 8. The largest absolute Gasteiger partial charge is 0.481 e. The van der Waals surface area contributed by atoms with E-state index in [1.807, 2.05) is 0 Å². The maximum absolute atomic E-state index is 10.6. The van der Waals surface area contributed by atoms with Gasteiger partial charge in [0, 0.05) is 17.9 Å². The Morgan fingerprint density at radius 3 is 2.61 bits per heavy atom. The van der Waals surface area contributed by atoms with E-state index in [9.17, 15) is 4.79 Å². The highest BCUT2D eigenvalue weighted by Gasteiger charge is 2.17. The van der Waals surface area contributed by atoms with Gasteiger partial charge in [0.05, 0.1) is 23.7 Å². The van der Waals surface area contributed by atoms with Crippen LogP contribution in [-0.4, -0.2) is 23.2 Å². The van der Waals surface area contributed by atoms with Crippen LogP contribution in [0, 0.1) is 0 Å². The van der Waals surface area contributed by atoms with Gasteiger partial charge in [-0.25, -0.2) is 4.98 Å². The molecule has 0 spiro atoms. The summed E-state index contributed by atoms with van der Waals surface area (Å²) in [5, 5.41) is 9.87. The zero-order valence-corrected chi connectivity index (χ0v) is 12.0. The summed E-state index contributed by atoms with van der Waals surface area (Å²) in [6.07, 6.45) is 2.83. The molecule has 0 bridgehead atoms. The molecule has 1 heterocycles. The van der Waals surface area contributed by atoms with E-state index in [1.54, 1.807) is 18.4 Å². The van der Waals surface area contributed by atoms with E-state index in [1.165, 1.54) is 0 Å². The number of thiazole rings is 1. The van der Waals surface area contributed by atoms with E-state index >= 15 is 0 Å². The molecular formula is C13H21NO3S. The summed E-state index contributed by atoms with van der Waals surface area (Å²) in [6.45, 7) is 4.77. The monoisotopic (exact) mass is 271 g/mol. The Morgan fingerprint density at radius 1 is 1.44 bits per heavy atom. The fourth-order valence-corrected chi connectivity index (χ4v) is 3.22. The van der Waals surface area contributed by atoms with Crippen molar-refractivity contribution >= 4 is 17.3 Å². The average molecular weight is 271 g/mol. The molecule has 1 aromatic rings. The van der Waals surface area contributed by atoms with Crippen molar-refractivity contribution in [3.8, 4) is 0 Å². The zero-order chi connectivity index (χ0) is 13.5. The topological polar surface area (TPSA) is 59.4 Å². The molecule has 1 N–H and O–H groups in total. The highest BCUT2D eigenvalue weighted by Crippen LogP contribution is 2.30. The first-order valence-corrected chi connectivity index (χ1v) is 7.13. The van der Waals surface area contributed by atoms with Gasteiger partial charge in [0.1, 0.15) is 0 Å². The first-order chi connectivity index (χ1) is 8.62. The minimum absolute atomic E-state index is 0.154. The third-order valence-corrected chi connectivity index (χ3v) is 4.30. The van der Waals surface area contributed by atoms with Gasteiger partial charge >= 0.3 is 5.97 Å². The highest BCUT2D eigenvalue weighted by molar-refractivity contribution is 7.11. The molecule has 0 saturated heterocycles. The van der Waals surface area contributed by atoms with Gasteiger partial charge in [-0.15, -0.1) is 11.3 Å². The molecular weight excluding hydrogens is 250 g/mol. The van der Waals surface area contributed by atoms with E-state index in [-0.39, 0.29) is 6.42 Å². The molecule has 1 rings (SSSR count). The van der Waals surface area contributed by atoms with E-state index in [0.717, 1.165) is 28.4 Å². The van der Waals surface area contributed by atoms with Gasteiger partial charge in [-0.2, -0.15) is 0 Å². The second-order valence-corrected chi connectivity index (χ2v) is 5.38. The molecule has 4 nitrogen and oxygen atoms in total. The Labute approximate surface area is 112 Å². The van der Waals surface area contributed by atoms with Crippen molar-refractivity contribution in [2.24, 2.45) is 0 Å². The van der Waals surface area contributed by atoms with Crippen LogP contribution in [-0.2, 0) is 22.6 Å². The molecule has 0 amide bonds. The molecule has 0 aliphatic carbocycles. The first-order valence-electron chi connectivity index (χ1n) is 6.31. The second-order valence-electron chi connectivity index (χ2n) is 4.26. The Hall–Kier alpha value is -0.940. The number of aryl methyl sites for hydroxylation is 1. The van der Waals surface area contributed by atoms with E-state index in [2.05, 4.69) is 18.8 Å². The van der Waals surface area contributed by atoms with E-state index in [0.29, 0.717) is 18.9 Å². The zero-order valence-electron chi connectivity index (χ0n) is 11.2. The minimum atomic E-state index is -0.768. The number of aromatic nitrogens is 1. The molecule has 102 valence electrons. The first kappa shape index (κ1) is 15.1. The third kappa shape index (κ3) is 4.07.